The highest BCUT2D eigenvalue weighted by atomic mass is 79.9. The average molecular weight is 437 g/mol. The normalized spacial score (nSPS) is 41.4. The first kappa shape index (κ1) is 16.4. The Kier molecular flexibility index (Phi) is 4.17. The predicted molar refractivity (Wildman–Crippen MR) is 86.7 cm³/mol. The molecule has 0 radical (unpaired) electrons. The number of alkyl halides is 2. The number of carbonyl (C=O) groups excluding carboxylic acids is 2. The summed E-state index contributed by atoms with van der Waals surface area (Å²) in [6.07, 6.45) is 1.16. The van der Waals surface area contributed by atoms with Crippen LogP contribution >= 0.6 is 31.9 Å². The van der Waals surface area contributed by atoms with Crippen molar-refractivity contribution in [2.24, 2.45) is 29.6 Å². The van der Waals surface area contributed by atoms with Crippen LogP contribution in [0.15, 0.2) is 0 Å². The van der Waals surface area contributed by atoms with Crippen LogP contribution in [0.2, 0.25) is 0 Å². The fraction of sp³-hybridized carbons (Fsp3) is 0.800. The zero-order chi connectivity index (χ0) is 16.3. The summed E-state index contributed by atoms with van der Waals surface area (Å²) in [6.45, 7) is 3.79. The molecule has 7 heteroatoms. The van der Waals surface area contributed by atoms with Crippen LogP contribution in [0.4, 0.5) is 0 Å². The second-order valence-electron chi connectivity index (χ2n) is 7.03. The number of aliphatic carboxylic acids is 1. The molecule has 122 valence electrons. The number of hydrogen-bond acceptors (Lipinski definition) is 3. The van der Waals surface area contributed by atoms with Crippen molar-refractivity contribution >= 4 is 49.6 Å². The van der Waals surface area contributed by atoms with E-state index in [2.05, 4.69) is 31.9 Å². The number of carbonyl (C=O) groups is 3. The highest BCUT2D eigenvalue weighted by Gasteiger charge is 2.67. The molecule has 22 heavy (non-hydrogen) atoms. The zero-order valence-corrected chi connectivity index (χ0v) is 15.6. The van der Waals surface area contributed by atoms with Gasteiger partial charge in [0, 0.05) is 9.65 Å². The lowest BCUT2D eigenvalue weighted by Crippen LogP contribution is -2.47. The third-order valence-corrected chi connectivity index (χ3v) is 8.52. The molecule has 2 amide bonds. The van der Waals surface area contributed by atoms with Crippen molar-refractivity contribution < 1.29 is 19.5 Å². The van der Waals surface area contributed by atoms with Gasteiger partial charge in [-0.1, -0.05) is 45.7 Å². The molecular formula is C15H19Br2NO4. The number of nitrogens with zero attached hydrogens (tertiary/aromatic N) is 1. The molecule has 2 aliphatic carbocycles. The molecule has 5 nitrogen and oxygen atoms in total. The van der Waals surface area contributed by atoms with E-state index in [-0.39, 0.29) is 51.1 Å². The number of halogens is 2. The predicted octanol–water partition coefficient (Wildman–Crippen LogP) is 2.26. The van der Waals surface area contributed by atoms with E-state index in [0.717, 1.165) is 11.3 Å². The topological polar surface area (TPSA) is 74.7 Å². The summed E-state index contributed by atoms with van der Waals surface area (Å²) in [5.41, 5.74) is 0. The molecule has 3 rings (SSSR count). The molecule has 0 aromatic rings. The molecular weight excluding hydrogens is 418 g/mol. The molecule has 0 aromatic carbocycles. The number of carboxylic acid groups (broad SMARTS) is 1. The van der Waals surface area contributed by atoms with Crippen LogP contribution in [-0.2, 0) is 14.4 Å². The molecule has 3 unspecified atom stereocenters. The minimum absolute atomic E-state index is 0.103. The number of likely N-dealkylation sites (tertiary alicyclic amines) is 1. The van der Waals surface area contributed by atoms with Crippen LogP contribution in [0.25, 0.3) is 0 Å². The smallest absolute Gasteiger partial charge is 0.326 e. The number of rotatable bonds is 4. The van der Waals surface area contributed by atoms with Gasteiger partial charge < -0.3 is 5.11 Å². The summed E-state index contributed by atoms with van der Waals surface area (Å²) in [7, 11) is 0. The molecule has 1 aliphatic heterocycles. The molecule has 0 aromatic heterocycles. The summed E-state index contributed by atoms with van der Waals surface area (Å²) in [5, 5.41) is 9.47. The lowest BCUT2D eigenvalue weighted by atomic mass is 9.81. The van der Waals surface area contributed by atoms with Gasteiger partial charge in [-0.25, -0.2) is 4.79 Å². The second kappa shape index (κ2) is 5.58. The van der Waals surface area contributed by atoms with Gasteiger partial charge in [-0.15, -0.1) is 0 Å². The summed E-state index contributed by atoms with van der Waals surface area (Å²) in [6, 6.07) is -1.03. The third-order valence-electron chi connectivity index (χ3n) is 5.31. The van der Waals surface area contributed by atoms with Crippen molar-refractivity contribution in [3.8, 4) is 0 Å². The Morgan fingerprint density at radius 3 is 2.00 bits per heavy atom. The van der Waals surface area contributed by atoms with Crippen molar-refractivity contribution in [2.75, 3.05) is 0 Å². The van der Waals surface area contributed by atoms with Crippen LogP contribution in [0, 0.1) is 29.6 Å². The van der Waals surface area contributed by atoms with E-state index < -0.39 is 12.0 Å². The first-order valence-corrected chi connectivity index (χ1v) is 9.46. The van der Waals surface area contributed by atoms with Crippen molar-refractivity contribution in [3.63, 3.8) is 0 Å². The zero-order valence-electron chi connectivity index (χ0n) is 12.4. The Bertz CT molecular complexity index is 506. The minimum atomic E-state index is -1.09. The molecule has 3 aliphatic rings. The van der Waals surface area contributed by atoms with Gasteiger partial charge in [-0.3, -0.25) is 14.5 Å². The highest BCUT2D eigenvalue weighted by Crippen LogP contribution is 2.60. The summed E-state index contributed by atoms with van der Waals surface area (Å²) >= 11 is 7.25. The lowest BCUT2D eigenvalue weighted by Gasteiger charge is -2.28. The minimum Gasteiger partial charge on any atom is -0.480 e. The molecule has 3 fully saturated rings. The van der Waals surface area contributed by atoms with E-state index in [9.17, 15) is 19.5 Å². The molecule has 7 atom stereocenters. The first-order chi connectivity index (χ1) is 10.3. The van der Waals surface area contributed by atoms with E-state index in [0.29, 0.717) is 6.42 Å². The summed E-state index contributed by atoms with van der Waals surface area (Å²) < 4.78 is 0. The van der Waals surface area contributed by atoms with Crippen LogP contribution in [0.1, 0.15) is 26.7 Å². The van der Waals surface area contributed by atoms with Gasteiger partial charge in [-0.05, 0) is 30.6 Å². The molecule has 2 saturated carbocycles. The number of fused-ring (bicyclic) bond motifs is 5. The number of carboxylic acids is 1. The number of hydrogen-bond donors (Lipinski definition) is 1. The van der Waals surface area contributed by atoms with Crippen LogP contribution < -0.4 is 0 Å². The Balaban J connectivity index is 1.92. The first-order valence-electron chi connectivity index (χ1n) is 7.63. The third kappa shape index (κ3) is 2.19. The maximum absolute atomic E-state index is 12.8. The van der Waals surface area contributed by atoms with E-state index in [1.807, 2.05) is 13.8 Å². The van der Waals surface area contributed by atoms with Gasteiger partial charge in [0.25, 0.3) is 0 Å². The fourth-order valence-corrected chi connectivity index (χ4v) is 6.32. The van der Waals surface area contributed by atoms with Gasteiger partial charge in [0.2, 0.25) is 11.8 Å². The summed E-state index contributed by atoms with van der Waals surface area (Å²) in [5.74, 6) is -1.99. The standard InChI is InChI=1S/C15H19Br2NO4/c1-5(2)3-8(15(21)22)18-13(19)9-6-4-7(10(9)14(18)20)12(17)11(6)16/h5-12H,3-4H2,1-2H3,(H,21,22)/t6-,7+,8?,9-,10+,11?,12?. The van der Waals surface area contributed by atoms with Gasteiger partial charge in [0.1, 0.15) is 6.04 Å². The van der Waals surface area contributed by atoms with E-state index in [4.69, 9.17) is 0 Å². The second-order valence-corrected chi connectivity index (χ2v) is 9.15. The molecule has 0 spiro atoms. The van der Waals surface area contributed by atoms with Crippen molar-refractivity contribution in [1.29, 1.82) is 0 Å². The average Bonchev–Trinajstić information content (AvgIpc) is 3.02. The maximum atomic E-state index is 12.8. The molecule has 1 N–H and O–H groups in total. The SMILES string of the molecule is CC(C)CC(C(=O)O)N1C(=O)[C@@H]2[C@H](C1=O)[C@H]1C[C@@H]2C(Br)C1Br. The molecule has 2 bridgehead atoms. The summed E-state index contributed by atoms with van der Waals surface area (Å²) in [4.78, 5) is 38.5. The highest BCUT2D eigenvalue weighted by molar-refractivity contribution is 9.12. The van der Waals surface area contributed by atoms with Gasteiger partial charge in [0.15, 0.2) is 0 Å². The van der Waals surface area contributed by atoms with Gasteiger partial charge >= 0.3 is 5.97 Å². The van der Waals surface area contributed by atoms with Crippen molar-refractivity contribution in [3.05, 3.63) is 0 Å². The number of imide groups is 1. The Morgan fingerprint density at radius 2 is 1.64 bits per heavy atom. The molecule has 1 heterocycles. The van der Waals surface area contributed by atoms with Crippen molar-refractivity contribution in [2.45, 2.75) is 42.4 Å². The Morgan fingerprint density at radius 1 is 1.18 bits per heavy atom. The maximum Gasteiger partial charge on any atom is 0.326 e. The quantitative estimate of drug-likeness (QED) is 0.541. The van der Waals surface area contributed by atoms with Gasteiger partial charge in [0.05, 0.1) is 11.8 Å². The number of amides is 2. The van der Waals surface area contributed by atoms with Crippen molar-refractivity contribution in [1.82, 2.24) is 4.90 Å². The van der Waals surface area contributed by atoms with E-state index in [1.54, 1.807) is 0 Å². The molecule has 1 saturated heterocycles. The largest absolute Gasteiger partial charge is 0.480 e. The van der Waals surface area contributed by atoms with Crippen LogP contribution in [0.3, 0.4) is 0 Å². The van der Waals surface area contributed by atoms with Gasteiger partial charge in [-0.2, -0.15) is 0 Å². The van der Waals surface area contributed by atoms with Crippen LogP contribution in [0.5, 0.6) is 0 Å². The monoisotopic (exact) mass is 435 g/mol. The lowest BCUT2D eigenvalue weighted by molar-refractivity contribution is -0.156. The van der Waals surface area contributed by atoms with E-state index >= 15 is 0 Å². The fourth-order valence-electron chi connectivity index (χ4n) is 4.44. The Hall–Kier alpha value is -0.430. The van der Waals surface area contributed by atoms with Crippen LogP contribution in [-0.4, -0.2) is 43.5 Å². The van der Waals surface area contributed by atoms with E-state index in [1.165, 1.54) is 0 Å². The Labute approximate surface area is 146 Å².